The molecule has 1 saturated heterocycles. The number of nitrogens with zero attached hydrogens (tertiary/aromatic N) is 2. The average Bonchev–Trinajstić information content (AvgIpc) is 3.00. The molecule has 0 amide bonds. The maximum absolute atomic E-state index is 13.4. The van der Waals surface area contributed by atoms with Crippen molar-refractivity contribution in [3.8, 4) is 5.69 Å². The van der Waals surface area contributed by atoms with E-state index in [1.165, 1.54) is 12.5 Å². The fraction of sp³-hybridized carbons (Fsp3) is 0.357. The van der Waals surface area contributed by atoms with E-state index < -0.39 is 0 Å². The Hall–Kier alpha value is -1.68. The van der Waals surface area contributed by atoms with Crippen LogP contribution in [0.25, 0.3) is 5.69 Å². The largest absolute Gasteiger partial charge is 0.309 e. The first-order chi connectivity index (χ1) is 8.75. The highest BCUT2D eigenvalue weighted by Crippen LogP contribution is 2.26. The molecule has 0 spiro atoms. The van der Waals surface area contributed by atoms with E-state index in [1.807, 2.05) is 17.7 Å². The third-order valence-electron chi connectivity index (χ3n) is 3.52. The summed E-state index contributed by atoms with van der Waals surface area (Å²) < 4.78 is 15.4. The molecule has 1 unspecified atom stereocenters. The number of imidazole rings is 1. The average molecular weight is 245 g/mol. The molecule has 3 nitrogen and oxygen atoms in total. The van der Waals surface area contributed by atoms with Crippen molar-refractivity contribution in [1.82, 2.24) is 14.9 Å². The number of nitrogens with one attached hydrogen (secondary N) is 1. The van der Waals surface area contributed by atoms with Gasteiger partial charge in [0.25, 0.3) is 0 Å². The van der Waals surface area contributed by atoms with E-state index in [4.69, 9.17) is 0 Å². The Morgan fingerprint density at radius 1 is 1.44 bits per heavy atom. The quantitative estimate of drug-likeness (QED) is 0.881. The highest BCUT2D eigenvalue weighted by Gasteiger charge is 2.20. The van der Waals surface area contributed by atoms with Gasteiger partial charge in [-0.2, -0.15) is 0 Å². The first-order valence-electron chi connectivity index (χ1n) is 6.28. The van der Waals surface area contributed by atoms with Gasteiger partial charge in [0.05, 0.1) is 23.9 Å². The smallest absolute Gasteiger partial charge is 0.125 e. The standard InChI is InChI=1S/C14H16FN3/c1-10-4-5-11(15)7-13(10)18-9-16-8-14(18)12-3-2-6-17-12/h4-5,7-9,12,17H,2-3,6H2,1H3. The lowest BCUT2D eigenvalue weighted by Gasteiger charge is -2.15. The molecule has 0 saturated carbocycles. The van der Waals surface area contributed by atoms with Gasteiger partial charge in [0.15, 0.2) is 0 Å². The minimum atomic E-state index is -0.213. The predicted octanol–water partition coefficient (Wildman–Crippen LogP) is 2.74. The van der Waals surface area contributed by atoms with Gasteiger partial charge in [-0.25, -0.2) is 9.37 Å². The van der Waals surface area contributed by atoms with Crippen molar-refractivity contribution in [3.05, 3.63) is 47.8 Å². The Kier molecular flexibility index (Phi) is 2.88. The number of benzene rings is 1. The van der Waals surface area contributed by atoms with Crippen molar-refractivity contribution in [2.24, 2.45) is 0 Å². The van der Waals surface area contributed by atoms with E-state index in [9.17, 15) is 4.39 Å². The number of halogens is 1. The van der Waals surface area contributed by atoms with Gasteiger partial charge in [0.2, 0.25) is 0 Å². The van der Waals surface area contributed by atoms with E-state index in [0.29, 0.717) is 6.04 Å². The van der Waals surface area contributed by atoms with Crippen LogP contribution in [0.3, 0.4) is 0 Å². The van der Waals surface area contributed by atoms with Crippen molar-refractivity contribution in [1.29, 1.82) is 0 Å². The van der Waals surface area contributed by atoms with Crippen LogP contribution in [-0.2, 0) is 0 Å². The second-order valence-electron chi connectivity index (χ2n) is 4.77. The lowest BCUT2D eigenvalue weighted by atomic mass is 10.1. The van der Waals surface area contributed by atoms with Crippen LogP contribution in [0.2, 0.25) is 0 Å². The van der Waals surface area contributed by atoms with Crippen LogP contribution >= 0.6 is 0 Å². The summed E-state index contributed by atoms with van der Waals surface area (Å²) in [7, 11) is 0. The second-order valence-corrected chi connectivity index (χ2v) is 4.77. The molecule has 1 fully saturated rings. The fourth-order valence-electron chi connectivity index (χ4n) is 2.54. The molecule has 2 heterocycles. The summed E-state index contributed by atoms with van der Waals surface area (Å²) >= 11 is 0. The SMILES string of the molecule is Cc1ccc(F)cc1-n1cncc1C1CCCN1. The molecule has 3 rings (SSSR count). The van der Waals surface area contributed by atoms with Crippen LogP contribution in [0, 0.1) is 12.7 Å². The van der Waals surface area contributed by atoms with Gasteiger partial charge in [0.1, 0.15) is 5.82 Å². The van der Waals surface area contributed by atoms with Gasteiger partial charge < -0.3 is 9.88 Å². The maximum Gasteiger partial charge on any atom is 0.125 e. The van der Waals surface area contributed by atoms with Crippen LogP contribution in [0.1, 0.15) is 30.1 Å². The summed E-state index contributed by atoms with van der Waals surface area (Å²) in [5.41, 5.74) is 3.03. The Labute approximate surface area is 106 Å². The fourth-order valence-corrected chi connectivity index (χ4v) is 2.54. The van der Waals surface area contributed by atoms with Crippen LogP contribution in [0.4, 0.5) is 4.39 Å². The molecule has 1 N–H and O–H groups in total. The van der Waals surface area contributed by atoms with Crippen molar-refractivity contribution < 1.29 is 4.39 Å². The number of hydrogen-bond acceptors (Lipinski definition) is 2. The van der Waals surface area contributed by atoms with Crippen LogP contribution in [0.15, 0.2) is 30.7 Å². The van der Waals surface area contributed by atoms with Crippen molar-refractivity contribution >= 4 is 0 Å². The van der Waals surface area contributed by atoms with Gasteiger partial charge in [-0.05, 0) is 44.0 Å². The molecule has 0 radical (unpaired) electrons. The minimum Gasteiger partial charge on any atom is -0.309 e. The summed E-state index contributed by atoms with van der Waals surface area (Å²) in [6.45, 7) is 3.03. The molecule has 2 aromatic rings. The zero-order valence-corrected chi connectivity index (χ0v) is 10.4. The topological polar surface area (TPSA) is 29.9 Å². The Balaban J connectivity index is 2.06. The van der Waals surface area contributed by atoms with Crippen molar-refractivity contribution in [2.45, 2.75) is 25.8 Å². The van der Waals surface area contributed by atoms with Crippen molar-refractivity contribution in [2.75, 3.05) is 6.54 Å². The highest BCUT2D eigenvalue weighted by atomic mass is 19.1. The summed E-state index contributed by atoms with van der Waals surface area (Å²) in [5, 5.41) is 3.45. The van der Waals surface area contributed by atoms with E-state index in [1.54, 1.807) is 18.5 Å². The van der Waals surface area contributed by atoms with E-state index in [0.717, 1.165) is 29.9 Å². The lowest BCUT2D eigenvalue weighted by molar-refractivity contribution is 0.608. The zero-order valence-electron chi connectivity index (χ0n) is 10.4. The van der Waals surface area contributed by atoms with E-state index >= 15 is 0 Å². The van der Waals surface area contributed by atoms with Crippen LogP contribution in [0.5, 0.6) is 0 Å². The Bertz CT molecular complexity index is 556. The molecule has 1 aromatic heterocycles. The molecular formula is C14H16FN3. The molecule has 1 atom stereocenters. The number of rotatable bonds is 2. The molecular weight excluding hydrogens is 229 g/mol. The molecule has 0 aliphatic carbocycles. The van der Waals surface area contributed by atoms with Crippen LogP contribution in [-0.4, -0.2) is 16.1 Å². The molecule has 1 aliphatic heterocycles. The molecule has 1 aliphatic rings. The first-order valence-corrected chi connectivity index (χ1v) is 6.28. The van der Waals surface area contributed by atoms with Gasteiger partial charge in [-0.15, -0.1) is 0 Å². The van der Waals surface area contributed by atoms with Crippen molar-refractivity contribution in [3.63, 3.8) is 0 Å². The zero-order chi connectivity index (χ0) is 12.5. The van der Waals surface area contributed by atoms with Gasteiger partial charge >= 0.3 is 0 Å². The third-order valence-corrected chi connectivity index (χ3v) is 3.52. The highest BCUT2D eigenvalue weighted by molar-refractivity contribution is 5.42. The molecule has 1 aromatic carbocycles. The molecule has 0 bridgehead atoms. The molecule has 4 heteroatoms. The summed E-state index contributed by atoms with van der Waals surface area (Å²) in [5.74, 6) is -0.213. The van der Waals surface area contributed by atoms with Gasteiger partial charge in [-0.1, -0.05) is 6.07 Å². The Morgan fingerprint density at radius 3 is 3.11 bits per heavy atom. The van der Waals surface area contributed by atoms with E-state index in [2.05, 4.69) is 10.3 Å². The van der Waals surface area contributed by atoms with Crippen LogP contribution < -0.4 is 5.32 Å². The minimum absolute atomic E-state index is 0.213. The first kappa shape index (κ1) is 11.4. The molecule has 18 heavy (non-hydrogen) atoms. The third kappa shape index (κ3) is 1.93. The summed E-state index contributed by atoms with van der Waals surface area (Å²) in [4.78, 5) is 4.21. The van der Waals surface area contributed by atoms with E-state index in [-0.39, 0.29) is 5.82 Å². The normalized spacial score (nSPS) is 19.3. The van der Waals surface area contributed by atoms with Gasteiger partial charge in [-0.3, -0.25) is 0 Å². The maximum atomic E-state index is 13.4. The molecule has 94 valence electrons. The predicted molar refractivity (Wildman–Crippen MR) is 68.2 cm³/mol. The summed E-state index contributed by atoms with van der Waals surface area (Å²) in [6, 6.07) is 5.19. The number of hydrogen-bond donors (Lipinski definition) is 1. The monoisotopic (exact) mass is 245 g/mol. The lowest BCUT2D eigenvalue weighted by Crippen LogP contribution is -2.16. The summed E-state index contributed by atoms with van der Waals surface area (Å²) in [6.07, 6.45) is 5.92. The van der Waals surface area contributed by atoms with Gasteiger partial charge in [0, 0.05) is 6.04 Å². The number of aryl methyl sites for hydroxylation is 1. The Morgan fingerprint density at radius 2 is 2.33 bits per heavy atom. The number of aromatic nitrogens is 2. The second kappa shape index (κ2) is 4.53.